The van der Waals surface area contributed by atoms with Crippen LogP contribution in [-0.4, -0.2) is 4.43 Å². The molecule has 1 aliphatic heterocycles. The van der Waals surface area contributed by atoms with E-state index >= 15 is 0 Å². The van der Waals surface area contributed by atoms with Crippen LogP contribution >= 0.6 is 0 Å². The van der Waals surface area contributed by atoms with Crippen molar-refractivity contribution in [3.63, 3.8) is 0 Å². The zero-order valence-electron chi connectivity index (χ0n) is 5.28. The molecule has 0 N–H and O–H groups in total. The van der Waals surface area contributed by atoms with Crippen LogP contribution in [0.3, 0.4) is 0 Å². The number of allylic oxidation sites excluding steroid dienone is 1. The Hall–Kier alpha value is 0.470. The number of hydrogen-bond acceptors (Lipinski definition) is 0. The van der Waals surface area contributed by atoms with Gasteiger partial charge in [-0.05, 0) is 0 Å². The second kappa shape index (κ2) is 2.85. The monoisotopic (exact) mass is 223 g/mol. The Morgan fingerprint density at radius 1 is 1.88 bits per heavy atom. The first-order valence-electron chi connectivity index (χ1n) is 3.10. The molecular formula is C7H12I-. The zero-order chi connectivity index (χ0) is 5.98. The third kappa shape index (κ3) is 1.47. The molecule has 1 heteroatoms. The van der Waals surface area contributed by atoms with Gasteiger partial charge < -0.3 is 0 Å². The number of alkyl halides is 1. The van der Waals surface area contributed by atoms with E-state index < -0.39 is 0 Å². The van der Waals surface area contributed by atoms with Gasteiger partial charge in [0.2, 0.25) is 0 Å². The average Bonchev–Trinajstić information content (AvgIpc) is 2.14. The molecule has 1 heterocycles. The maximum atomic E-state index is 4.00. The van der Waals surface area contributed by atoms with Crippen LogP contribution in [0, 0.1) is 5.92 Å². The molecule has 0 aliphatic carbocycles. The summed E-state index contributed by atoms with van der Waals surface area (Å²) in [6, 6.07) is 0. The summed E-state index contributed by atoms with van der Waals surface area (Å²) in [5, 5.41) is 0. The predicted octanol–water partition coefficient (Wildman–Crippen LogP) is -0.981. The standard InChI is InChI=1S/C7H12I/c1-3-7-4-6(2)8-5-7/h7H,2-5H2,1H3/q-1. The molecule has 1 saturated heterocycles. The normalized spacial score (nSPS) is 30.1. The second-order valence-electron chi connectivity index (χ2n) is 2.28. The molecule has 0 radical (unpaired) electrons. The summed E-state index contributed by atoms with van der Waals surface area (Å²) in [5.74, 6) is 1.02. The van der Waals surface area contributed by atoms with Crippen LogP contribution in [-0.2, 0) is 0 Å². The molecule has 0 amide bonds. The van der Waals surface area contributed by atoms with E-state index in [0.717, 1.165) is 5.92 Å². The molecule has 1 unspecified atom stereocenters. The van der Waals surface area contributed by atoms with Gasteiger partial charge in [0.1, 0.15) is 0 Å². The molecule has 0 aromatic rings. The Bertz CT molecular complexity index is 96.6. The molecule has 1 aliphatic rings. The van der Waals surface area contributed by atoms with Gasteiger partial charge in [-0.15, -0.1) is 0 Å². The first-order chi connectivity index (χ1) is 3.83. The van der Waals surface area contributed by atoms with Crippen molar-refractivity contribution in [3.05, 3.63) is 10.2 Å². The van der Waals surface area contributed by atoms with Gasteiger partial charge in [-0.1, -0.05) is 0 Å². The van der Waals surface area contributed by atoms with E-state index in [4.69, 9.17) is 0 Å². The van der Waals surface area contributed by atoms with E-state index in [9.17, 15) is 0 Å². The molecule has 0 aromatic carbocycles. The average molecular weight is 223 g/mol. The number of halogens is 1. The third-order valence-corrected chi connectivity index (χ3v) is 4.78. The molecule has 48 valence electrons. The van der Waals surface area contributed by atoms with E-state index in [1.165, 1.54) is 17.3 Å². The Morgan fingerprint density at radius 3 is 2.88 bits per heavy atom. The topological polar surface area (TPSA) is 0 Å². The van der Waals surface area contributed by atoms with E-state index in [0.29, 0.717) is 21.2 Å². The molecule has 0 bridgehead atoms. The van der Waals surface area contributed by atoms with E-state index in [-0.39, 0.29) is 0 Å². The van der Waals surface area contributed by atoms with Crippen molar-refractivity contribution in [1.82, 2.24) is 0 Å². The summed E-state index contributed by atoms with van der Waals surface area (Å²) in [7, 11) is 0. The number of hydrogen-bond donors (Lipinski definition) is 0. The minimum absolute atomic E-state index is 0.438. The molecule has 0 aromatic heterocycles. The van der Waals surface area contributed by atoms with Crippen molar-refractivity contribution in [2.24, 2.45) is 5.92 Å². The summed E-state index contributed by atoms with van der Waals surface area (Å²) >= 11 is 0.438. The van der Waals surface area contributed by atoms with Gasteiger partial charge in [-0.3, -0.25) is 0 Å². The predicted molar refractivity (Wildman–Crippen MR) is 32.4 cm³/mol. The zero-order valence-corrected chi connectivity index (χ0v) is 7.44. The van der Waals surface area contributed by atoms with Crippen LogP contribution in [0.1, 0.15) is 19.8 Å². The van der Waals surface area contributed by atoms with Gasteiger partial charge in [-0.2, -0.15) is 0 Å². The maximum absolute atomic E-state index is 4.00. The van der Waals surface area contributed by atoms with E-state index in [1.807, 2.05) is 0 Å². The van der Waals surface area contributed by atoms with Crippen LogP contribution in [0.5, 0.6) is 0 Å². The molecule has 1 fully saturated rings. The SMILES string of the molecule is C=C1CC(CC)C[I-]1. The Labute approximate surface area is 61.6 Å². The van der Waals surface area contributed by atoms with E-state index in [1.54, 1.807) is 3.58 Å². The summed E-state index contributed by atoms with van der Waals surface area (Å²) < 4.78 is 3.09. The molecule has 0 spiro atoms. The van der Waals surface area contributed by atoms with Gasteiger partial charge >= 0.3 is 61.5 Å². The molecular weight excluding hydrogens is 211 g/mol. The van der Waals surface area contributed by atoms with Gasteiger partial charge in [0.05, 0.1) is 0 Å². The van der Waals surface area contributed by atoms with Crippen LogP contribution in [0.25, 0.3) is 0 Å². The van der Waals surface area contributed by atoms with Crippen molar-refractivity contribution in [2.75, 3.05) is 4.43 Å². The summed E-state index contributed by atoms with van der Waals surface area (Å²) in [6.07, 6.45) is 2.72. The molecule has 1 rings (SSSR count). The molecule has 8 heavy (non-hydrogen) atoms. The Morgan fingerprint density at radius 2 is 2.62 bits per heavy atom. The molecule has 0 nitrogen and oxygen atoms in total. The number of rotatable bonds is 1. The first-order valence-corrected chi connectivity index (χ1v) is 5.70. The van der Waals surface area contributed by atoms with Gasteiger partial charge in [0.15, 0.2) is 0 Å². The molecule has 1 atom stereocenters. The quantitative estimate of drug-likeness (QED) is 0.396. The van der Waals surface area contributed by atoms with Crippen molar-refractivity contribution >= 4 is 0 Å². The summed E-state index contributed by atoms with van der Waals surface area (Å²) in [6.45, 7) is 6.29. The van der Waals surface area contributed by atoms with Crippen LogP contribution in [0.15, 0.2) is 10.2 Å². The third-order valence-electron chi connectivity index (χ3n) is 1.57. The Balaban J connectivity index is 2.32. The fourth-order valence-corrected chi connectivity index (χ4v) is 4.01. The second-order valence-corrected chi connectivity index (χ2v) is 5.45. The summed E-state index contributed by atoms with van der Waals surface area (Å²) in [5.41, 5.74) is 0. The van der Waals surface area contributed by atoms with Gasteiger partial charge in [-0.25, -0.2) is 0 Å². The van der Waals surface area contributed by atoms with Crippen molar-refractivity contribution in [2.45, 2.75) is 19.8 Å². The first kappa shape index (κ1) is 6.59. The fourth-order valence-electron chi connectivity index (χ4n) is 0.894. The van der Waals surface area contributed by atoms with Crippen LogP contribution < -0.4 is 21.2 Å². The summed E-state index contributed by atoms with van der Waals surface area (Å²) in [4.78, 5) is 0. The minimum atomic E-state index is 0.438. The van der Waals surface area contributed by atoms with E-state index in [2.05, 4.69) is 13.5 Å². The Kier molecular flexibility index (Phi) is 2.35. The van der Waals surface area contributed by atoms with Crippen LogP contribution in [0.2, 0.25) is 0 Å². The molecule has 0 saturated carbocycles. The van der Waals surface area contributed by atoms with Crippen molar-refractivity contribution in [3.8, 4) is 0 Å². The van der Waals surface area contributed by atoms with Crippen molar-refractivity contribution < 1.29 is 21.2 Å². The van der Waals surface area contributed by atoms with Gasteiger partial charge in [0.25, 0.3) is 0 Å². The fraction of sp³-hybridized carbons (Fsp3) is 0.714. The van der Waals surface area contributed by atoms with Crippen molar-refractivity contribution in [1.29, 1.82) is 0 Å². The van der Waals surface area contributed by atoms with Crippen LogP contribution in [0.4, 0.5) is 0 Å². The van der Waals surface area contributed by atoms with Gasteiger partial charge in [0, 0.05) is 0 Å².